The van der Waals surface area contributed by atoms with Gasteiger partial charge in [0.2, 0.25) is 5.91 Å². The predicted octanol–water partition coefficient (Wildman–Crippen LogP) is 0.798. The molecule has 2 saturated heterocycles. The molecule has 2 unspecified atom stereocenters. The van der Waals surface area contributed by atoms with E-state index in [4.69, 9.17) is 0 Å². The number of benzene rings is 1. The largest absolute Gasteiger partial charge is 0.337 e. The molecule has 152 valence electrons. The summed E-state index contributed by atoms with van der Waals surface area (Å²) in [6.45, 7) is 5.21. The Balaban J connectivity index is 1.76. The Morgan fingerprint density at radius 3 is 2.46 bits per heavy atom. The fourth-order valence-electron chi connectivity index (χ4n) is 3.81. The van der Waals surface area contributed by atoms with E-state index in [1.165, 1.54) is 4.90 Å². The first-order valence-corrected chi connectivity index (χ1v) is 11.1. The van der Waals surface area contributed by atoms with Crippen LogP contribution in [0.2, 0.25) is 0 Å². The molecule has 0 spiro atoms. The number of carbonyl (C=O) groups is 3. The Bertz CT molecular complexity index is 912. The van der Waals surface area contributed by atoms with Gasteiger partial charge in [-0.25, -0.2) is 13.2 Å². The summed E-state index contributed by atoms with van der Waals surface area (Å²) >= 11 is 0. The van der Waals surface area contributed by atoms with Crippen LogP contribution in [0.3, 0.4) is 0 Å². The first-order valence-electron chi connectivity index (χ1n) is 9.28. The number of carbonyl (C=O) groups excluding carboxylic acids is 3. The molecule has 3 rings (SSSR count). The number of rotatable bonds is 5. The fourth-order valence-corrected chi connectivity index (χ4v) is 5.54. The van der Waals surface area contributed by atoms with Crippen LogP contribution in [0.5, 0.6) is 0 Å². The van der Waals surface area contributed by atoms with E-state index in [1.807, 2.05) is 19.1 Å². The lowest BCUT2D eigenvalue weighted by Crippen LogP contribution is -2.48. The zero-order valence-electron chi connectivity index (χ0n) is 16.3. The third-order valence-electron chi connectivity index (χ3n) is 5.51. The van der Waals surface area contributed by atoms with Crippen LogP contribution in [-0.4, -0.2) is 66.7 Å². The van der Waals surface area contributed by atoms with E-state index in [2.05, 4.69) is 5.32 Å². The van der Waals surface area contributed by atoms with Gasteiger partial charge in [0.1, 0.15) is 12.1 Å². The topological polar surface area (TPSA) is 104 Å². The molecule has 28 heavy (non-hydrogen) atoms. The average Bonchev–Trinajstić information content (AvgIpc) is 3.08. The van der Waals surface area contributed by atoms with Crippen molar-refractivity contribution in [3.8, 4) is 0 Å². The van der Waals surface area contributed by atoms with E-state index in [0.29, 0.717) is 18.5 Å². The number of amides is 4. The second-order valence-corrected chi connectivity index (χ2v) is 9.78. The van der Waals surface area contributed by atoms with Crippen molar-refractivity contribution in [2.45, 2.75) is 38.8 Å². The number of urea groups is 1. The van der Waals surface area contributed by atoms with Gasteiger partial charge in [0.05, 0.1) is 11.5 Å². The zero-order chi connectivity index (χ0) is 20.7. The number of nitrogens with zero attached hydrogens (tertiary/aromatic N) is 2. The third-order valence-corrected chi connectivity index (χ3v) is 7.26. The highest BCUT2D eigenvalue weighted by Gasteiger charge is 2.50. The summed E-state index contributed by atoms with van der Waals surface area (Å²) in [6.07, 6.45) is 0.378. The second kappa shape index (κ2) is 7.20. The maximum absolute atomic E-state index is 13.0. The molecular formula is C19H25N3O5S. The number of sulfone groups is 1. The third kappa shape index (κ3) is 3.63. The maximum Gasteiger partial charge on any atom is 0.325 e. The molecule has 2 heterocycles. The summed E-state index contributed by atoms with van der Waals surface area (Å²) in [6, 6.07) is 6.23. The molecule has 0 bridgehead atoms. The molecule has 1 aromatic carbocycles. The molecule has 2 aliphatic rings. The van der Waals surface area contributed by atoms with E-state index in [1.54, 1.807) is 26.0 Å². The second-order valence-electron chi connectivity index (χ2n) is 7.55. The molecule has 2 fully saturated rings. The van der Waals surface area contributed by atoms with E-state index in [-0.39, 0.29) is 11.5 Å². The van der Waals surface area contributed by atoms with E-state index >= 15 is 0 Å². The minimum atomic E-state index is -3.14. The number of hydrogen-bond donors (Lipinski definition) is 1. The highest BCUT2D eigenvalue weighted by atomic mass is 32.2. The van der Waals surface area contributed by atoms with Gasteiger partial charge in [0, 0.05) is 12.6 Å². The number of likely N-dealkylation sites (N-methyl/N-ethyl adjacent to an activating group) is 1. The summed E-state index contributed by atoms with van der Waals surface area (Å²) in [5.41, 5.74) is 0.431. The SMILES string of the molecule is CCN(C(=O)CN1C(=O)NC(C)(c2ccc(C)cc2)C1=O)C1CCS(=O)(=O)C1. The Labute approximate surface area is 164 Å². The fraction of sp³-hybridized carbons (Fsp3) is 0.526. The van der Waals surface area contributed by atoms with E-state index < -0.39 is 45.8 Å². The van der Waals surface area contributed by atoms with Gasteiger partial charge in [-0.3, -0.25) is 14.5 Å². The van der Waals surface area contributed by atoms with E-state index in [0.717, 1.165) is 10.5 Å². The van der Waals surface area contributed by atoms with Crippen molar-refractivity contribution >= 4 is 27.7 Å². The molecule has 2 atom stereocenters. The molecule has 1 N–H and O–H groups in total. The number of imide groups is 1. The smallest absolute Gasteiger partial charge is 0.325 e. The standard InChI is InChI=1S/C19H25N3O5S/c1-4-21(15-9-10-28(26,27)12-15)16(23)11-22-17(24)19(3,20-18(22)25)14-7-5-13(2)6-8-14/h5-8,15H,4,9-12H2,1-3H3,(H,20,25). The van der Waals surface area contributed by atoms with Crippen LogP contribution in [0.25, 0.3) is 0 Å². The predicted molar refractivity (Wildman–Crippen MR) is 103 cm³/mol. The number of aryl methyl sites for hydroxylation is 1. The summed E-state index contributed by atoms with van der Waals surface area (Å²) in [7, 11) is -3.14. The Morgan fingerprint density at radius 2 is 1.93 bits per heavy atom. The van der Waals surface area contributed by atoms with Crippen molar-refractivity contribution in [2.75, 3.05) is 24.6 Å². The molecule has 4 amide bonds. The van der Waals surface area contributed by atoms with Gasteiger partial charge in [-0.05, 0) is 32.8 Å². The lowest BCUT2D eigenvalue weighted by atomic mass is 9.91. The monoisotopic (exact) mass is 407 g/mol. The zero-order valence-corrected chi connectivity index (χ0v) is 17.1. The molecule has 8 nitrogen and oxygen atoms in total. The summed E-state index contributed by atoms with van der Waals surface area (Å²) in [5.74, 6) is -0.949. The highest BCUT2D eigenvalue weighted by Crippen LogP contribution is 2.29. The molecule has 9 heteroatoms. The van der Waals surface area contributed by atoms with Gasteiger partial charge in [0.15, 0.2) is 9.84 Å². The van der Waals surface area contributed by atoms with E-state index in [9.17, 15) is 22.8 Å². The molecule has 0 aromatic heterocycles. The Hall–Kier alpha value is -2.42. The Morgan fingerprint density at radius 1 is 1.29 bits per heavy atom. The average molecular weight is 407 g/mol. The van der Waals surface area contributed by atoms with Crippen LogP contribution >= 0.6 is 0 Å². The van der Waals surface area contributed by atoms with Gasteiger partial charge in [-0.1, -0.05) is 29.8 Å². The van der Waals surface area contributed by atoms with Crippen molar-refractivity contribution in [1.29, 1.82) is 0 Å². The Kier molecular flexibility index (Phi) is 5.22. The first-order chi connectivity index (χ1) is 13.1. The van der Waals surface area contributed by atoms with Crippen molar-refractivity contribution in [1.82, 2.24) is 15.1 Å². The van der Waals surface area contributed by atoms with Gasteiger partial charge in [-0.15, -0.1) is 0 Å². The van der Waals surface area contributed by atoms with Crippen molar-refractivity contribution in [2.24, 2.45) is 0 Å². The number of hydrogen-bond acceptors (Lipinski definition) is 5. The lowest BCUT2D eigenvalue weighted by Gasteiger charge is -2.28. The minimum Gasteiger partial charge on any atom is -0.337 e. The maximum atomic E-state index is 13.0. The molecule has 0 aliphatic carbocycles. The summed E-state index contributed by atoms with van der Waals surface area (Å²) in [4.78, 5) is 40.5. The van der Waals surface area contributed by atoms with Crippen LogP contribution in [0.15, 0.2) is 24.3 Å². The summed E-state index contributed by atoms with van der Waals surface area (Å²) in [5, 5.41) is 2.68. The normalized spacial score (nSPS) is 26.4. The van der Waals surface area contributed by atoms with Crippen molar-refractivity contribution in [3.05, 3.63) is 35.4 Å². The molecule has 2 aliphatic heterocycles. The van der Waals surface area contributed by atoms with Crippen LogP contribution in [-0.2, 0) is 25.0 Å². The molecule has 1 aromatic rings. The quantitative estimate of drug-likeness (QED) is 0.727. The van der Waals surface area contributed by atoms with Crippen molar-refractivity contribution in [3.63, 3.8) is 0 Å². The van der Waals surface area contributed by atoms with Crippen LogP contribution in [0.1, 0.15) is 31.4 Å². The highest BCUT2D eigenvalue weighted by molar-refractivity contribution is 7.91. The molecule has 0 radical (unpaired) electrons. The summed E-state index contributed by atoms with van der Waals surface area (Å²) < 4.78 is 23.5. The van der Waals surface area contributed by atoms with Gasteiger partial charge in [0.25, 0.3) is 5.91 Å². The minimum absolute atomic E-state index is 0.0517. The van der Waals surface area contributed by atoms with Crippen LogP contribution < -0.4 is 5.32 Å². The van der Waals surface area contributed by atoms with Crippen molar-refractivity contribution < 1.29 is 22.8 Å². The first kappa shape index (κ1) is 20.3. The van der Waals surface area contributed by atoms with Crippen LogP contribution in [0, 0.1) is 6.92 Å². The molecule has 0 saturated carbocycles. The van der Waals surface area contributed by atoms with Gasteiger partial charge >= 0.3 is 6.03 Å². The van der Waals surface area contributed by atoms with Gasteiger partial charge in [-0.2, -0.15) is 0 Å². The van der Waals surface area contributed by atoms with Gasteiger partial charge < -0.3 is 10.2 Å². The van der Waals surface area contributed by atoms with Crippen LogP contribution in [0.4, 0.5) is 4.79 Å². The lowest BCUT2D eigenvalue weighted by molar-refractivity contribution is -0.139. The number of nitrogens with one attached hydrogen (secondary N) is 1. The molecular weight excluding hydrogens is 382 g/mol.